The van der Waals surface area contributed by atoms with Crippen LogP contribution < -0.4 is 11.1 Å². The Hall–Kier alpha value is -0.650. The number of hydrogen-bond acceptors (Lipinski definition) is 4. The maximum absolute atomic E-state index is 5.30. The zero-order valence-corrected chi connectivity index (χ0v) is 10.4. The summed E-state index contributed by atoms with van der Waals surface area (Å²) in [7, 11) is 0. The Bertz CT molecular complexity index is 307. The lowest BCUT2D eigenvalue weighted by Crippen LogP contribution is -2.15. The van der Waals surface area contributed by atoms with Crippen LogP contribution in [0.1, 0.15) is 5.56 Å². The van der Waals surface area contributed by atoms with E-state index < -0.39 is 0 Å². The Labute approximate surface area is 98.3 Å². The number of pyridine rings is 1. The van der Waals surface area contributed by atoms with Crippen LogP contribution in [0.4, 0.5) is 5.82 Å². The van der Waals surface area contributed by atoms with Crippen molar-refractivity contribution in [2.75, 3.05) is 31.6 Å². The molecule has 15 heavy (non-hydrogen) atoms. The van der Waals surface area contributed by atoms with E-state index in [1.807, 2.05) is 13.0 Å². The normalized spacial score (nSPS) is 10.3. The number of aromatic nitrogens is 1. The molecule has 0 saturated heterocycles. The van der Waals surface area contributed by atoms with Crippen molar-refractivity contribution in [2.24, 2.45) is 5.73 Å². The van der Waals surface area contributed by atoms with Gasteiger partial charge in [-0.05, 0) is 34.5 Å². The minimum Gasteiger partial charge on any atom is -0.378 e. The smallest absolute Gasteiger partial charge is 0.128 e. The van der Waals surface area contributed by atoms with E-state index >= 15 is 0 Å². The van der Waals surface area contributed by atoms with Gasteiger partial charge in [-0.2, -0.15) is 0 Å². The number of halogens is 1. The summed E-state index contributed by atoms with van der Waals surface area (Å²) in [6.45, 7) is 4.58. The summed E-state index contributed by atoms with van der Waals surface area (Å²) in [5.41, 5.74) is 6.41. The minimum atomic E-state index is 0.565. The Kier molecular flexibility index (Phi) is 5.60. The van der Waals surface area contributed by atoms with Crippen LogP contribution in [0.3, 0.4) is 0 Å². The summed E-state index contributed by atoms with van der Waals surface area (Å²) in [6, 6.07) is 2.02. The van der Waals surface area contributed by atoms with Crippen LogP contribution in [0.5, 0.6) is 0 Å². The molecule has 1 rings (SSSR count). The highest BCUT2D eigenvalue weighted by molar-refractivity contribution is 9.10. The third-order valence-electron chi connectivity index (χ3n) is 1.85. The molecule has 1 aromatic rings. The molecule has 0 unspecified atom stereocenters. The fourth-order valence-corrected chi connectivity index (χ4v) is 1.60. The average molecular weight is 274 g/mol. The molecule has 0 radical (unpaired) electrons. The van der Waals surface area contributed by atoms with Gasteiger partial charge in [-0.25, -0.2) is 4.98 Å². The average Bonchev–Trinajstić information content (AvgIpc) is 2.20. The first-order valence-corrected chi connectivity index (χ1v) is 5.67. The van der Waals surface area contributed by atoms with Gasteiger partial charge < -0.3 is 15.8 Å². The zero-order valence-electron chi connectivity index (χ0n) is 8.79. The first-order chi connectivity index (χ1) is 7.24. The fraction of sp³-hybridized carbons (Fsp3) is 0.500. The molecule has 0 atom stereocenters. The van der Waals surface area contributed by atoms with Crippen molar-refractivity contribution in [3.8, 4) is 0 Å². The van der Waals surface area contributed by atoms with Gasteiger partial charge in [0, 0.05) is 23.8 Å². The highest BCUT2D eigenvalue weighted by atomic mass is 79.9. The summed E-state index contributed by atoms with van der Waals surface area (Å²) in [4.78, 5) is 4.26. The Morgan fingerprint density at radius 1 is 1.53 bits per heavy atom. The van der Waals surface area contributed by atoms with E-state index in [-0.39, 0.29) is 0 Å². The second kappa shape index (κ2) is 6.76. The van der Waals surface area contributed by atoms with Crippen LogP contribution in [0.15, 0.2) is 16.7 Å². The SMILES string of the molecule is Cc1cc(Br)cnc1NCCOCCN. The van der Waals surface area contributed by atoms with Crippen LogP contribution in [0.25, 0.3) is 0 Å². The number of ether oxygens (including phenoxy) is 1. The molecule has 1 aromatic heterocycles. The molecule has 0 amide bonds. The summed E-state index contributed by atoms with van der Waals surface area (Å²) in [6.07, 6.45) is 1.77. The lowest BCUT2D eigenvalue weighted by molar-refractivity contribution is 0.151. The van der Waals surface area contributed by atoms with Gasteiger partial charge in [0.15, 0.2) is 0 Å². The monoisotopic (exact) mass is 273 g/mol. The highest BCUT2D eigenvalue weighted by Crippen LogP contribution is 2.16. The summed E-state index contributed by atoms with van der Waals surface area (Å²) < 4.78 is 6.23. The first-order valence-electron chi connectivity index (χ1n) is 4.88. The van der Waals surface area contributed by atoms with E-state index in [1.54, 1.807) is 6.20 Å². The number of nitrogens with one attached hydrogen (secondary N) is 1. The second-order valence-electron chi connectivity index (χ2n) is 3.15. The van der Waals surface area contributed by atoms with Crippen LogP contribution in [0, 0.1) is 6.92 Å². The second-order valence-corrected chi connectivity index (χ2v) is 4.06. The zero-order chi connectivity index (χ0) is 11.1. The van der Waals surface area contributed by atoms with Gasteiger partial charge in [0.05, 0.1) is 13.2 Å². The molecule has 0 spiro atoms. The number of hydrogen-bond donors (Lipinski definition) is 2. The fourth-order valence-electron chi connectivity index (χ4n) is 1.15. The largest absolute Gasteiger partial charge is 0.378 e. The number of nitrogens with two attached hydrogens (primary N) is 1. The van der Waals surface area contributed by atoms with Crippen molar-refractivity contribution in [2.45, 2.75) is 6.92 Å². The molecule has 0 fully saturated rings. The number of aryl methyl sites for hydroxylation is 1. The van der Waals surface area contributed by atoms with E-state index in [2.05, 4.69) is 26.2 Å². The van der Waals surface area contributed by atoms with Gasteiger partial charge >= 0.3 is 0 Å². The van der Waals surface area contributed by atoms with E-state index in [0.717, 1.165) is 22.4 Å². The standard InChI is InChI=1S/C10H16BrN3O/c1-8-6-9(11)7-14-10(8)13-3-5-15-4-2-12/h6-7H,2-5,12H2,1H3,(H,13,14). The van der Waals surface area contributed by atoms with Crippen LogP contribution in [-0.2, 0) is 4.74 Å². The summed E-state index contributed by atoms with van der Waals surface area (Å²) in [5, 5.41) is 3.20. The molecule has 0 aromatic carbocycles. The molecule has 0 saturated carbocycles. The van der Waals surface area contributed by atoms with E-state index in [9.17, 15) is 0 Å². The molecule has 0 aliphatic carbocycles. The van der Waals surface area contributed by atoms with Crippen molar-refractivity contribution in [3.05, 3.63) is 22.3 Å². The van der Waals surface area contributed by atoms with Crippen LogP contribution >= 0.6 is 15.9 Å². The Balaban J connectivity index is 2.31. The van der Waals surface area contributed by atoms with Crippen molar-refractivity contribution < 1.29 is 4.74 Å². The van der Waals surface area contributed by atoms with E-state index in [1.165, 1.54) is 0 Å². The molecule has 4 nitrogen and oxygen atoms in total. The van der Waals surface area contributed by atoms with Crippen molar-refractivity contribution in [1.29, 1.82) is 0 Å². The first kappa shape index (κ1) is 12.4. The number of anilines is 1. The summed E-state index contributed by atoms with van der Waals surface area (Å²) >= 11 is 3.37. The molecule has 0 bridgehead atoms. The Morgan fingerprint density at radius 2 is 2.33 bits per heavy atom. The minimum absolute atomic E-state index is 0.565. The Morgan fingerprint density at radius 3 is 3.00 bits per heavy atom. The van der Waals surface area contributed by atoms with Gasteiger partial charge in [0.2, 0.25) is 0 Å². The van der Waals surface area contributed by atoms with Gasteiger partial charge in [-0.15, -0.1) is 0 Å². The topological polar surface area (TPSA) is 60.2 Å². The van der Waals surface area contributed by atoms with E-state index in [4.69, 9.17) is 10.5 Å². The molecule has 0 aliphatic heterocycles. The van der Waals surface area contributed by atoms with Crippen LogP contribution in [-0.4, -0.2) is 31.3 Å². The highest BCUT2D eigenvalue weighted by Gasteiger charge is 1.99. The number of nitrogens with zero attached hydrogens (tertiary/aromatic N) is 1. The third-order valence-corrected chi connectivity index (χ3v) is 2.28. The predicted octanol–water partition coefficient (Wildman–Crippen LogP) is 1.54. The van der Waals surface area contributed by atoms with Gasteiger partial charge in [-0.3, -0.25) is 0 Å². The molecular weight excluding hydrogens is 258 g/mol. The molecule has 0 aliphatic rings. The van der Waals surface area contributed by atoms with Crippen molar-refractivity contribution in [3.63, 3.8) is 0 Å². The van der Waals surface area contributed by atoms with Crippen LogP contribution in [0.2, 0.25) is 0 Å². The maximum atomic E-state index is 5.30. The molecule has 84 valence electrons. The molecule has 5 heteroatoms. The molecule has 1 heterocycles. The predicted molar refractivity (Wildman–Crippen MR) is 65.0 cm³/mol. The number of rotatable bonds is 6. The van der Waals surface area contributed by atoms with Crippen molar-refractivity contribution >= 4 is 21.7 Å². The van der Waals surface area contributed by atoms with Crippen molar-refractivity contribution in [1.82, 2.24) is 4.98 Å². The van der Waals surface area contributed by atoms with E-state index in [0.29, 0.717) is 19.8 Å². The van der Waals surface area contributed by atoms with Gasteiger partial charge in [-0.1, -0.05) is 0 Å². The lowest BCUT2D eigenvalue weighted by atomic mass is 10.3. The van der Waals surface area contributed by atoms with Gasteiger partial charge in [0.25, 0.3) is 0 Å². The van der Waals surface area contributed by atoms with Gasteiger partial charge in [0.1, 0.15) is 5.82 Å². The molecular formula is C10H16BrN3O. The molecule has 3 N–H and O–H groups in total. The quantitative estimate of drug-likeness (QED) is 0.772. The lowest BCUT2D eigenvalue weighted by Gasteiger charge is -2.08. The maximum Gasteiger partial charge on any atom is 0.128 e. The summed E-state index contributed by atoms with van der Waals surface area (Å²) in [5.74, 6) is 0.898. The third kappa shape index (κ3) is 4.59.